The normalized spacial score (nSPS) is 13.8. The first-order chi connectivity index (χ1) is 11.3. The summed E-state index contributed by atoms with van der Waals surface area (Å²) in [6.45, 7) is 0. The third-order valence-corrected chi connectivity index (χ3v) is 4.12. The zero-order chi connectivity index (χ0) is 15.6. The summed E-state index contributed by atoms with van der Waals surface area (Å²) in [4.78, 5) is 12.7. The molecule has 0 aromatic carbocycles. The van der Waals surface area contributed by atoms with Crippen LogP contribution in [0.25, 0.3) is 0 Å². The molecule has 0 amide bonds. The van der Waals surface area contributed by atoms with Gasteiger partial charge in [-0.2, -0.15) is 10.1 Å². The van der Waals surface area contributed by atoms with Crippen LogP contribution in [-0.4, -0.2) is 25.1 Å². The number of anilines is 4. The molecule has 0 atom stereocenters. The van der Waals surface area contributed by atoms with E-state index in [9.17, 15) is 0 Å². The molecule has 1 aliphatic rings. The smallest absolute Gasteiger partial charge is 0.229 e. The van der Waals surface area contributed by atoms with Gasteiger partial charge in [-0.3, -0.25) is 10.1 Å². The molecule has 7 nitrogen and oxygen atoms in total. The molecule has 3 heterocycles. The number of nitrogens with zero attached hydrogens (tertiary/aromatic N) is 4. The Labute approximate surface area is 141 Å². The number of halogens is 1. The molecule has 0 radical (unpaired) electrons. The van der Waals surface area contributed by atoms with Gasteiger partial charge >= 0.3 is 0 Å². The number of hydrogen-bond acceptors (Lipinski definition) is 6. The Morgan fingerprint density at radius 1 is 1.17 bits per heavy atom. The molecule has 1 aliphatic carbocycles. The third-order valence-electron chi connectivity index (χ3n) is 3.54. The van der Waals surface area contributed by atoms with E-state index in [4.69, 9.17) is 0 Å². The number of aromatic amines is 1. The summed E-state index contributed by atoms with van der Waals surface area (Å²) in [6.07, 6.45) is 7.60. The summed E-state index contributed by atoms with van der Waals surface area (Å²) < 4.78 is 0.772. The average Bonchev–Trinajstić information content (AvgIpc) is 3.32. The molecule has 8 heteroatoms. The van der Waals surface area contributed by atoms with Crippen molar-refractivity contribution < 1.29 is 0 Å². The van der Waals surface area contributed by atoms with Crippen LogP contribution in [0.1, 0.15) is 24.5 Å². The lowest BCUT2D eigenvalue weighted by Gasteiger charge is -2.08. The van der Waals surface area contributed by atoms with Crippen molar-refractivity contribution in [2.45, 2.75) is 18.8 Å². The van der Waals surface area contributed by atoms with Gasteiger partial charge in [-0.25, -0.2) is 4.98 Å². The van der Waals surface area contributed by atoms with Crippen LogP contribution in [-0.2, 0) is 0 Å². The predicted octanol–water partition coefficient (Wildman–Crippen LogP) is 3.72. The van der Waals surface area contributed by atoms with E-state index in [1.165, 1.54) is 18.5 Å². The molecule has 116 valence electrons. The second kappa shape index (κ2) is 5.96. The van der Waals surface area contributed by atoms with Crippen LogP contribution in [0.4, 0.5) is 23.3 Å². The molecule has 0 bridgehead atoms. The Kier molecular flexibility index (Phi) is 3.66. The zero-order valence-electron chi connectivity index (χ0n) is 12.1. The fourth-order valence-corrected chi connectivity index (χ4v) is 2.49. The minimum absolute atomic E-state index is 0.500. The second-order valence-corrected chi connectivity index (χ2v) is 6.21. The number of rotatable bonds is 5. The Hall–Kier alpha value is -2.48. The largest absolute Gasteiger partial charge is 0.324 e. The standard InChI is InChI=1S/C15H14BrN7/c16-11-8-18-15(19-10-3-5-17-6-4-10)21-14(11)20-13-7-12(22-23-13)9-1-2-9/h3-9H,1-2H2,(H3,17,18,19,20,21,22,23). The van der Waals surface area contributed by atoms with Crippen molar-refractivity contribution in [3.8, 4) is 0 Å². The van der Waals surface area contributed by atoms with Crippen LogP contribution in [0.15, 0.2) is 41.3 Å². The van der Waals surface area contributed by atoms with Gasteiger partial charge in [0, 0.05) is 42.0 Å². The molecule has 0 spiro atoms. The summed E-state index contributed by atoms with van der Waals surface area (Å²) in [5.41, 5.74) is 2.05. The molecule has 3 N–H and O–H groups in total. The van der Waals surface area contributed by atoms with Gasteiger partial charge in [0.25, 0.3) is 0 Å². The molecule has 1 saturated carbocycles. The van der Waals surface area contributed by atoms with Gasteiger partial charge in [-0.05, 0) is 40.9 Å². The Bertz CT molecular complexity index is 814. The van der Waals surface area contributed by atoms with E-state index in [0.29, 0.717) is 17.7 Å². The van der Waals surface area contributed by atoms with Crippen LogP contribution in [0.3, 0.4) is 0 Å². The van der Waals surface area contributed by atoms with Crippen molar-refractivity contribution in [1.29, 1.82) is 0 Å². The molecule has 23 heavy (non-hydrogen) atoms. The highest BCUT2D eigenvalue weighted by molar-refractivity contribution is 9.10. The van der Waals surface area contributed by atoms with Crippen LogP contribution >= 0.6 is 15.9 Å². The lowest BCUT2D eigenvalue weighted by atomic mass is 10.3. The van der Waals surface area contributed by atoms with Crippen molar-refractivity contribution in [3.05, 3.63) is 47.0 Å². The first-order valence-electron chi connectivity index (χ1n) is 7.30. The van der Waals surface area contributed by atoms with E-state index in [-0.39, 0.29) is 0 Å². The van der Waals surface area contributed by atoms with Crippen molar-refractivity contribution >= 4 is 39.2 Å². The molecular formula is C15H14BrN7. The number of hydrogen-bond donors (Lipinski definition) is 3. The van der Waals surface area contributed by atoms with Gasteiger partial charge in [-0.15, -0.1) is 0 Å². The Morgan fingerprint density at radius 3 is 2.78 bits per heavy atom. The number of pyridine rings is 1. The van der Waals surface area contributed by atoms with Crippen LogP contribution in [0, 0.1) is 0 Å². The maximum atomic E-state index is 4.48. The lowest BCUT2D eigenvalue weighted by Crippen LogP contribution is -2.01. The molecule has 1 fully saturated rings. The van der Waals surface area contributed by atoms with E-state index >= 15 is 0 Å². The van der Waals surface area contributed by atoms with Crippen LogP contribution in [0.5, 0.6) is 0 Å². The fourth-order valence-electron chi connectivity index (χ4n) is 2.20. The molecule has 0 unspecified atom stereocenters. The van der Waals surface area contributed by atoms with E-state index in [0.717, 1.165) is 16.0 Å². The van der Waals surface area contributed by atoms with Gasteiger partial charge in [0.15, 0.2) is 11.6 Å². The molecular weight excluding hydrogens is 358 g/mol. The van der Waals surface area contributed by atoms with Crippen molar-refractivity contribution in [3.63, 3.8) is 0 Å². The molecule has 3 aromatic rings. The van der Waals surface area contributed by atoms with E-state index < -0.39 is 0 Å². The maximum Gasteiger partial charge on any atom is 0.229 e. The van der Waals surface area contributed by atoms with Crippen molar-refractivity contribution in [2.75, 3.05) is 10.6 Å². The first-order valence-corrected chi connectivity index (χ1v) is 8.09. The first kappa shape index (κ1) is 14.1. The van der Waals surface area contributed by atoms with Gasteiger partial charge in [0.1, 0.15) is 0 Å². The van der Waals surface area contributed by atoms with E-state index in [2.05, 4.69) is 51.7 Å². The van der Waals surface area contributed by atoms with Gasteiger partial charge in [-0.1, -0.05) is 0 Å². The zero-order valence-corrected chi connectivity index (χ0v) is 13.7. The Morgan fingerprint density at radius 2 is 2.00 bits per heavy atom. The summed E-state index contributed by atoms with van der Waals surface area (Å²) in [6, 6.07) is 5.74. The van der Waals surface area contributed by atoms with Crippen LogP contribution in [0.2, 0.25) is 0 Å². The predicted molar refractivity (Wildman–Crippen MR) is 91.1 cm³/mol. The lowest BCUT2D eigenvalue weighted by molar-refractivity contribution is 0.966. The highest BCUT2D eigenvalue weighted by atomic mass is 79.9. The highest BCUT2D eigenvalue weighted by Crippen LogP contribution is 2.39. The highest BCUT2D eigenvalue weighted by Gasteiger charge is 2.25. The van der Waals surface area contributed by atoms with E-state index in [1.807, 2.05) is 18.2 Å². The van der Waals surface area contributed by atoms with Crippen molar-refractivity contribution in [1.82, 2.24) is 25.1 Å². The fraction of sp³-hybridized carbons (Fsp3) is 0.200. The number of H-pyrrole nitrogens is 1. The molecule has 3 aromatic heterocycles. The summed E-state index contributed by atoms with van der Waals surface area (Å²) >= 11 is 3.46. The molecule has 4 rings (SSSR count). The minimum Gasteiger partial charge on any atom is -0.324 e. The Balaban J connectivity index is 1.53. The molecule has 0 saturated heterocycles. The average molecular weight is 372 g/mol. The monoisotopic (exact) mass is 371 g/mol. The summed E-state index contributed by atoms with van der Waals surface area (Å²) in [5, 5.41) is 13.7. The molecule has 0 aliphatic heterocycles. The third kappa shape index (κ3) is 3.31. The van der Waals surface area contributed by atoms with Crippen LogP contribution < -0.4 is 10.6 Å². The van der Waals surface area contributed by atoms with Crippen molar-refractivity contribution in [2.24, 2.45) is 0 Å². The minimum atomic E-state index is 0.500. The van der Waals surface area contributed by atoms with Gasteiger partial charge in [0.05, 0.1) is 4.47 Å². The van der Waals surface area contributed by atoms with E-state index in [1.54, 1.807) is 18.6 Å². The quantitative estimate of drug-likeness (QED) is 0.632. The topological polar surface area (TPSA) is 91.4 Å². The summed E-state index contributed by atoms with van der Waals surface area (Å²) in [5.74, 6) is 2.54. The summed E-state index contributed by atoms with van der Waals surface area (Å²) in [7, 11) is 0. The van der Waals surface area contributed by atoms with Gasteiger partial charge < -0.3 is 10.6 Å². The maximum absolute atomic E-state index is 4.48. The number of nitrogens with one attached hydrogen (secondary N) is 3. The SMILES string of the molecule is Brc1cnc(Nc2ccncc2)nc1Nc1cc(C2CC2)[nH]n1. The van der Waals surface area contributed by atoms with Gasteiger partial charge in [0.2, 0.25) is 5.95 Å². The second-order valence-electron chi connectivity index (χ2n) is 5.36. The number of aromatic nitrogens is 5.